The maximum absolute atomic E-state index is 10.9. The monoisotopic (exact) mass is 250 g/mol. The number of hydrogen-bond acceptors (Lipinski definition) is 4. The first-order valence-corrected chi connectivity index (χ1v) is 6.27. The summed E-state index contributed by atoms with van der Waals surface area (Å²) >= 11 is 0. The van der Waals surface area contributed by atoms with Crippen molar-refractivity contribution in [3.63, 3.8) is 0 Å². The van der Waals surface area contributed by atoms with E-state index in [1.807, 2.05) is 6.07 Å². The molecule has 1 aromatic rings. The normalized spacial score (nSPS) is 20.2. The topological polar surface area (TPSA) is 64.4 Å². The summed E-state index contributed by atoms with van der Waals surface area (Å²) in [6.07, 6.45) is 3.02. The van der Waals surface area contributed by atoms with Crippen molar-refractivity contribution in [2.45, 2.75) is 32.2 Å². The van der Waals surface area contributed by atoms with Crippen molar-refractivity contribution in [3.8, 4) is 0 Å². The fourth-order valence-corrected chi connectivity index (χ4v) is 2.25. The van der Waals surface area contributed by atoms with Crippen LogP contribution in [0.3, 0.4) is 0 Å². The highest BCUT2D eigenvalue weighted by Crippen LogP contribution is 2.26. The van der Waals surface area contributed by atoms with Crippen molar-refractivity contribution in [1.82, 2.24) is 0 Å². The van der Waals surface area contributed by atoms with Crippen LogP contribution in [0.15, 0.2) is 18.2 Å². The van der Waals surface area contributed by atoms with Gasteiger partial charge in [0.15, 0.2) is 0 Å². The number of nitro benzene ring substituents is 1. The number of hydrogen-bond donors (Lipinski definition) is 1. The predicted octanol–water partition coefficient (Wildman–Crippen LogP) is 2.88. The molecule has 0 radical (unpaired) electrons. The maximum atomic E-state index is 10.9. The fraction of sp³-hybridized carbons (Fsp3) is 0.538. The molecular formula is C13H18N2O3. The largest absolute Gasteiger partial charge is 0.382 e. The summed E-state index contributed by atoms with van der Waals surface area (Å²) in [5.74, 6) is 0. The molecule has 1 saturated heterocycles. The van der Waals surface area contributed by atoms with Gasteiger partial charge in [0.25, 0.3) is 5.69 Å². The van der Waals surface area contributed by atoms with Crippen LogP contribution in [0, 0.1) is 17.0 Å². The first-order valence-electron chi connectivity index (χ1n) is 6.27. The van der Waals surface area contributed by atoms with Gasteiger partial charge in [-0.15, -0.1) is 0 Å². The summed E-state index contributed by atoms with van der Waals surface area (Å²) in [5, 5.41) is 14.3. The lowest BCUT2D eigenvalue weighted by atomic mass is 10.1. The molecule has 5 nitrogen and oxygen atoms in total. The summed E-state index contributed by atoms with van der Waals surface area (Å²) in [6, 6.07) is 5.50. The van der Waals surface area contributed by atoms with E-state index in [4.69, 9.17) is 4.74 Å². The van der Waals surface area contributed by atoms with Crippen molar-refractivity contribution in [2.24, 2.45) is 0 Å². The Morgan fingerprint density at radius 2 is 2.22 bits per heavy atom. The van der Waals surface area contributed by atoms with Crippen molar-refractivity contribution in [3.05, 3.63) is 33.9 Å². The maximum Gasteiger partial charge on any atom is 0.274 e. The van der Waals surface area contributed by atoms with Crippen molar-refractivity contribution < 1.29 is 9.66 Å². The van der Waals surface area contributed by atoms with Gasteiger partial charge in [0.2, 0.25) is 0 Å². The van der Waals surface area contributed by atoms with Crippen LogP contribution in [-0.2, 0) is 4.74 Å². The Hall–Kier alpha value is -1.62. The van der Waals surface area contributed by atoms with Crippen molar-refractivity contribution in [1.29, 1.82) is 0 Å². The molecule has 0 aliphatic carbocycles. The zero-order valence-electron chi connectivity index (χ0n) is 10.5. The Morgan fingerprint density at radius 3 is 3.00 bits per heavy atom. The quantitative estimate of drug-likeness (QED) is 0.661. The Balaban J connectivity index is 2.13. The molecule has 0 aromatic heterocycles. The van der Waals surface area contributed by atoms with Crippen LogP contribution in [0.1, 0.15) is 24.8 Å². The van der Waals surface area contributed by atoms with Crippen LogP contribution in [-0.4, -0.2) is 24.2 Å². The summed E-state index contributed by atoms with van der Waals surface area (Å²) in [5.41, 5.74) is 1.73. The molecular weight excluding hydrogens is 232 g/mol. The predicted molar refractivity (Wildman–Crippen MR) is 69.9 cm³/mol. The Bertz CT molecular complexity index is 426. The minimum atomic E-state index is -0.337. The van der Waals surface area contributed by atoms with Crippen LogP contribution in [0.2, 0.25) is 0 Å². The lowest BCUT2D eigenvalue weighted by molar-refractivity contribution is -0.385. The van der Waals surface area contributed by atoms with E-state index in [0.717, 1.165) is 38.2 Å². The summed E-state index contributed by atoms with van der Waals surface area (Å²) in [6.45, 7) is 3.35. The zero-order valence-corrected chi connectivity index (χ0v) is 10.5. The van der Waals surface area contributed by atoms with E-state index in [1.54, 1.807) is 13.0 Å². The van der Waals surface area contributed by atoms with Crippen LogP contribution in [0.25, 0.3) is 0 Å². The molecule has 1 fully saturated rings. The zero-order chi connectivity index (χ0) is 13.0. The number of rotatable bonds is 3. The van der Waals surface area contributed by atoms with E-state index in [2.05, 4.69) is 5.32 Å². The van der Waals surface area contributed by atoms with Crippen LogP contribution < -0.4 is 5.32 Å². The summed E-state index contributed by atoms with van der Waals surface area (Å²) < 4.78 is 5.41. The molecule has 1 aromatic carbocycles. The molecule has 0 spiro atoms. The van der Waals surface area contributed by atoms with Gasteiger partial charge in [-0.2, -0.15) is 0 Å². The number of anilines is 1. The SMILES string of the molecule is Cc1c(NC2CCCOCC2)cccc1[N+](=O)[O-]. The molecule has 2 rings (SSSR count). The van der Waals surface area contributed by atoms with Crippen LogP contribution in [0.4, 0.5) is 11.4 Å². The minimum absolute atomic E-state index is 0.171. The van der Waals surface area contributed by atoms with Crippen molar-refractivity contribution in [2.75, 3.05) is 18.5 Å². The van der Waals surface area contributed by atoms with Crippen LogP contribution >= 0.6 is 0 Å². The van der Waals surface area contributed by atoms with Crippen molar-refractivity contribution >= 4 is 11.4 Å². The number of nitrogens with one attached hydrogen (secondary N) is 1. The molecule has 18 heavy (non-hydrogen) atoms. The molecule has 0 saturated carbocycles. The molecule has 1 aliphatic rings. The van der Waals surface area contributed by atoms with Crippen LogP contribution in [0.5, 0.6) is 0 Å². The highest BCUT2D eigenvalue weighted by molar-refractivity contribution is 5.60. The molecule has 1 N–H and O–H groups in total. The second-order valence-electron chi connectivity index (χ2n) is 4.59. The average molecular weight is 250 g/mol. The van der Waals surface area contributed by atoms with E-state index >= 15 is 0 Å². The second kappa shape index (κ2) is 5.82. The molecule has 1 heterocycles. The third-order valence-corrected chi connectivity index (χ3v) is 3.31. The highest BCUT2D eigenvalue weighted by atomic mass is 16.6. The third-order valence-electron chi connectivity index (χ3n) is 3.31. The Kier molecular flexibility index (Phi) is 4.15. The lowest BCUT2D eigenvalue weighted by Gasteiger charge is -2.18. The Labute approximate surface area is 106 Å². The minimum Gasteiger partial charge on any atom is -0.382 e. The summed E-state index contributed by atoms with van der Waals surface area (Å²) in [4.78, 5) is 10.5. The second-order valence-corrected chi connectivity index (χ2v) is 4.59. The van der Waals surface area contributed by atoms with Gasteiger partial charge < -0.3 is 10.1 Å². The molecule has 0 bridgehead atoms. The van der Waals surface area contributed by atoms with Gasteiger partial charge in [-0.25, -0.2) is 0 Å². The van der Waals surface area contributed by atoms with E-state index < -0.39 is 0 Å². The Morgan fingerprint density at radius 1 is 1.39 bits per heavy atom. The average Bonchev–Trinajstić information content (AvgIpc) is 2.60. The van der Waals surface area contributed by atoms with E-state index in [0.29, 0.717) is 11.6 Å². The summed E-state index contributed by atoms with van der Waals surface area (Å²) in [7, 11) is 0. The standard InChI is InChI=1S/C13H18N2O3/c1-10-12(5-2-6-13(10)15(16)17)14-11-4-3-8-18-9-7-11/h2,5-6,11,14H,3-4,7-9H2,1H3. The highest BCUT2D eigenvalue weighted by Gasteiger charge is 2.17. The number of nitro groups is 1. The number of ether oxygens (including phenoxy) is 1. The molecule has 1 unspecified atom stereocenters. The lowest BCUT2D eigenvalue weighted by Crippen LogP contribution is -2.20. The van der Waals surface area contributed by atoms with E-state index in [-0.39, 0.29) is 10.6 Å². The first-order chi connectivity index (χ1) is 8.68. The first kappa shape index (κ1) is 12.8. The van der Waals surface area contributed by atoms with Gasteiger partial charge in [0, 0.05) is 36.6 Å². The van der Waals surface area contributed by atoms with Gasteiger partial charge in [0.05, 0.1) is 4.92 Å². The molecule has 1 aliphatic heterocycles. The van der Waals surface area contributed by atoms with E-state index in [9.17, 15) is 10.1 Å². The fourth-order valence-electron chi connectivity index (χ4n) is 2.25. The van der Waals surface area contributed by atoms with Gasteiger partial charge in [-0.05, 0) is 32.3 Å². The van der Waals surface area contributed by atoms with E-state index in [1.165, 1.54) is 6.07 Å². The van der Waals surface area contributed by atoms with Gasteiger partial charge in [0.1, 0.15) is 0 Å². The van der Waals surface area contributed by atoms with Gasteiger partial charge in [-0.1, -0.05) is 6.07 Å². The number of nitrogens with zero attached hydrogens (tertiary/aromatic N) is 1. The molecule has 98 valence electrons. The smallest absolute Gasteiger partial charge is 0.274 e. The van der Waals surface area contributed by atoms with Gasteiger partial charge in [-0.3, -0.25) is 10.1 Å². The third kappa shape index (κ3) is 2.98. The molecule has 0 amide bonds. The molecule has 1 atom stereocenters. The molecule has 5 heteroatoms. The van der Waals surface area contributed by atoms with Gasteiger partial charge >= 0.3 is 0 Å². The number of benzene rings is 1.